The van der Waals surface area contributed by atoms with E-state index in [-0.39, 0.29) is 11.6 Å². The highest BCUT2D eigenvalue weighted by Crippen LogP contribution is 2.39. The first kappa shape index (κ1) is 20.7. The predicted molar refractivity (Wildman–Crippen MR) is 122 cm³/mol. The summed E-state index contributed by atoms with van der Waals surface area (Å²) in [5.41, 5.74) is 2.76. The number of ether oxygens (including phenoxy) is 2. The van der Waals surface area contributed by atoms with Gasteiger partial charge in [0.1, 0.15) is 28.9 Å². The number of aromatic amines is 1. The molecule has 0 radical (unpaired) electrons. The molecule has 1 unspecified atom stereocenters. The van der Waals surface area contributed by atoms with Crippen molar-refractivity contribution in [3.8, 4) is 11.5 Å². The van der Waals surface area contributed by atoms with E-state index in [0.29, 0.717) is 35.0 Å². The number of fused-ring (bicyclic) bond motifs is 1. The summed E-state index contributed by atoms with van der Waals surface area (Å²) in [5.74, 6) is 2.02. The van der Waals surface area contributed by atoms with Crippen LogP contribution in [0.5, 0.6) is 11.5 Å². The van der Waals surface area contributed by atoms with Gasteiger partial charge in [-0.2, -0.15) is 0 Å². The molecule has 0 spiro atoms. The van der Waals surface area contributed by atoms with Crippen LogP contribution in [0.2, 0.25) is 0 Å². The summed E-state index contributed by atoms with van der Waals surface area (Å²) in [5, 5.41) is 20.2. The Kier molecular flexibility index (Phi) is 5.56. The molecule has 1 aliphatic rings. The Hall–Kier alpha value is -3.52. The second-order valence-electron chi connectivity index (χ2n) is 7.76. The maximum atomic E-state index is 11.3. The van der Waals surface area contributed by atoms with E-state index in [1.807, 2.05) is 55.4 Å². The van der Waals surface area contributed by atoms with Gasteiger partial charge in [-0.25, -0.2) is 4.98 Å². The zero-order valence-corrected chi connectivity index (χ0v) is 18.1. The van der Waals surface area contributed by atoms with Gasteiger partial charge in [0, 0.05) is 18.2 Å². The number of benzene rings is 2. The van der Waals surface area contributed by atoms with E-state index in [4.69, 9.17) is 14.9 Å². The largest absolute Gasteiger partial charge is 0.509 e. The predicted octanol–water partition coefficient (Wildman–Crippen LogP) is 3.67. The third kappa shape index (κ3) is 3.82. The summed E-state index contributed by atoms with van der Waals surface area (Å²) in [6.07, 6.45) is 0.629. The molecule has 8 nitrogen and oxygen atoms in total. The molecular formula is C23H27N5O3. The van der Waals surface area contributed by atoms with Gasteiger partial charge in [0.25, 0.3) is 0 Å². The van der Waals surface area contributed by atoms with E-state index in [0.717, 1.165) is 17.6 Å². The van der Waals surface area contributed by atoms with Crippen molar-refractivity contribution in [1.29, 1.82) is 5.41 Å². The number of para-hydroxylation sites is 2. The van der Waals surface area contributed by atoms with Crippen molar-refractivity contribution in [2.75, 3.05) is 39.8 Å². The van der Waals surface area contributed by atoms with Gasteiger partial charge in [-0.15, -0.1) is 0 Å². The molecule has 0 fully saturated rings. The molecular weight excluding hydrogens is 394 g/mol. The van der Waals surface area contributed by atoms with Gasteiger partial charge in [-0.1, -0.05) is 12.1 Å². The Morgan fingerprint density at radius 1 is 1.13 bits per heavy atom. The maximum absolute atomic E-state index is 11.3. The van der Waals surface area contributed by atoms with Crippen LogP contribution in [0.1, 0.15) is 12.2 Å². The number of anilines is 1. The molecule has 1 aromatic heterocycles. The van der Waals surface area contributed by atoms with Crippen molar-refractivity contribution in [2.45, 2.75) is 12.5 Å². The lowest BCUT2D eigenvalue weighted by atomic mass is 10.1. The van der Waals surface area contributed by atoms with Gasteiger partial charge < -0.3 is 29.4 Å². The van der Waals surface area contributed by atoms with Crippen LogP contribution >= 0.6 is 0 Å². The summed E-state index contributed by atoms with van der Waals surface area (Å²) in [6.45, 7) is 0.743. The molecule has 0 saturated heterocycles. The number of rotatable bonds is 7. The monoisotopic (exact) mass is 421 g/mol. The van der Waals surface area contributed by atoms with Crippen molar-refractivity contribution in [2.24, 2.45) is 0 Å². The number of imidazole rings is 1. The van der Waals surface area contributed by atoms with Crippen molar-refractivity contribution >= 4 is 28.1 Å². The van der Waals surface area contributed by atoms with Crippen molar-refractivity contribution in [1.82, 2.24) is 14.9 Å². The summed E-state index contributed by atoms with van der Waals surface area (Å²) in [6, 6.07) is 12.7. The molecule has 3 N–H and O–H groups in total. The third-order valence-electron chi connectivity index (χ3n) is 5.45. The quantitative estimate of drug-likeness (QED) is 0.539. The minimum absolute atomic E-state index is 0.132. The fourth-order valence-corrected chi connectivity index (χ4v) is 3.88. The van der Waals surface area contributed by atoms with Gasteiger partial charge in [-0.05, 0) is 39.2 Å². The fourth-order valence-electron chi connectivity index (χ4n) is 3.88. The Labute approximate surface area is 181 Å². The van der Waals surface area contributed by atoms with Crippen LogP contribution in [-0.2, 0) is 0 Å². The zero-order valence-electron chi connectivity index (χ0n) is 18.1. The highest BCUT2D eigenvalue weighted by Gasteiger charge is 2.40. The Morgan fingerprint density at radius 2 is 1.81 bits per heavy atom. The first-order valence-corrected chi connectivity index (χ1v) is 10.1. The molecule has 3 aromatic rings. The van der Waals surface area contributed by atoms with E-state index >= 15 is 0 Å². The first-order valence-electron chi connectivity index (χ1n) is 10.1. The number of nitrogens with one attached hydrogen (secondary N) is 2. The number of aliphatic hydroxyl groups is 1. The maximum Gasteiger partial charge on any atom is 0.145 e. The van der Waals surface area contributed by atoms with E-state index in [1.165, 1.54) is 0 Å². The highest BCUT2D eigenvalue weighted by atomic mass is 16.5. The summed E-state index contributed by atoms with van der Waals surface area (Å²) >= 11 is 0. The number of aromatic nitrogens is 2. The number of methoxy groups -OCH3 is 2. The van der Waals surface area contributed by atoms with Gasteiger partial charge in [-0.3, -0.25) is 5.41 Å². The summed E-state index contributed by atoms with van der Waals surface area (Å²) < 4.78 is 10.8. The van der Waals surface area contributed by atoms with Gasteiger partial charge in [0.05, 0.1) is 42.6 Å². The van der Waals surface area contributed by atoms with Crippen molar-refractivity contribution in [3.05, 3.63) is 54.0 Å². The van der Waals surface area contributed by atoms with Crippen LogP contribution in [0.15, 0.2) is 48.2 Å². The second-order valence-corrected chi connectivity index (χ2v) is 7.76. The van der Waals surface area contributed by atoms with Crippen LogP contribution in [0.25, 0.3) is 16.6 Å². The number of hydrogen-bond acceptors (Lipinski definition) is 6. The molecule has 1 atom stereocenters. The number of nitrogens with zero attached hydrogens (tertiary/aromatic N) is 3. The topological polar surface area (TPSA) is 97.7 Å². The molecule has 2 heterocycles. The van der Waals surface area contributed by atoms with Crippen molar-refractivity contribution in [3.63, 3.8) is 0 Å². The highest BCUT2D eigenvalue weighted by molar-refractivity contribution is 6.31. The average Bonchev–Trinajstić information content (AvgIpc) is 3.29. The number of hydrogen-bond donors (Lipinski definition) is 3. The molecule has 0 aliphatic carbocycles. The van der Waals surface area contributed by atoms with Crippen LogP contribution in [0, 0.1) is 5.41 Å². The molecule has 8 heteroatoms. The Morgan fingerprint density at radius 3 is 2.42 bits per heavy atom. The molecule has 0 amide bonds. The number of H-pyrrole nitrogens is 1. The summed E-state index contributed by atoms with van der Waals surface area (Å²) in [4.78, 5) is 11.7. The van der Waals surface area contributed by atoms with Crippen LogP contribution in [0.3, 0.4) is 0 Å². The van der Waals surface area contributed by atoms with E-state index in [2.05, 4.69) is 14.9 Å². The third-order valence-corrected chi connectivity index (χ3v) is 5.45. The molecule has 0 saturated carbocycles. The first-order chi connectivity index (χ1) is 14.9. The van der Waals surface area contributed by atoms with Crippen LogP contribution < -0.4 is 14.4 Å². The lowest BCUT2D eigenvalue weighted by molar-refractivity contribution is 0.336. The normalized spacial score (nSPS) is 16.6. The van der Waals surface area contributed by atoms with Gasteiger partial charge in [0.2, 0.25) is 0 Å². The number of amidine groups is 1. The van der Waals surface area contributed by atoms with E-state index < -0.39 is 6.04 Å². The fraction of sp³-hybridized carbons (Fsp3) is 0.304. The zero-order chi connectivity index (χ0) is 22.1. The smallest absolute Gasteiger partial charge is 0.145 e. The standard InChI is InChI=1S/C23H27N5O3/c1-27(2)10-9-19-21(29)20(23-25-17-7-5-6-8-18(17)26-23)22(24)28(19)14-11-15(30-3)13-16(12-14)31-4/h5-8,11-13,19,24,29H,9-10H2,1-4H3,(H,25,26). The summed E-state index contributed by atoms with van der Waals surface area (Å²) in [7, 11) is 7.15. The van der Waals surface area contributed by atoms with Crippen LogP contribution in [0.4, 0.5) is 5.69 Å². The van der Waals surface area contributed by atoms with Crippen molar-refractivity contribution < 1.29 is 14.6 Å². The SMILES string of the molecule is COc1cc(OC)cc(N2C(=N)C(c3nc4ccccc4[nH]3)=C(O)C2CCN(C)C)c1. The van der Waals surface area contributed by atoms with Crippen LogP contribution in [-0.4, -0.2) is 66.7 Å². The lowest BCUT2D eigenvalue weighted by Crippen LogP contribution is -2.37. The van der Waals surface area contributed by atoms with Gasteiger partial charge >= 0.3 is 0 Å². The molecule has 1 aliphatic heterocycles. The Bertz CT molecular complexity index is 1100. The average molecular weight is 422 g/mol. The van der Waals surface area contributed by atoms with Gasteiger partial charge in [0.15, 0.2) is 0 Å². The number of aliphatic hydroxyl groups excluding tert-OH is 1. The minimum atomic E-state index is -0.407. The Balaban J connectivity index is 1.81. The molecule has 4 rings (SSSR count). The molecule has 0 bridgehead atoms. The molecule has 162 valence electrons. The molecule has 2 aromatic carbocycles. The second kappa shape index (κ2) is 8.31. The van der Waals surface area contributed by atoms with E-state index in [9.17, 15) is 5.11 Å². The minimum Gasteiger partial charge on any atom is -0.509 e. The molecule has 31 heavy (non-hydrogen) atoms. The van der Waals surface area contributed by atoms with E-state index in [1.54, 1.807) is 20.3 Å². The lowest BCUT2D eigenvalue weighted by Gasteiger charge is -2.28.